The first-order chi connectivity index (χ1) is 9.85. The van der Waals surface area contributed by atoms with E-state index in [1.807, 2.05) is 0 Å². The summed E-state index contributed by atoms with van der Waals surface area (Å²) in [6.07, 6.45) is 0. The van der Waals surface area contributed by atoms with Gasteiger partial charge in [0.25, 0.3) is 0 Å². The smallest absolute Gasteiger partial charge is 0.335 e. The van der Waals surface area contributed by atoms with Crippen LogP contribution in [0.3, 0.4) is 0 Å². The highest BCUT2D eigenvalue weighted by Crippen LogP contribution is 2.22. The zero-order valence-corrected chi connectivity index (χ0v) is 12.3. The number of likely N-dealkylation sites (N-methyl/N-ethyl adjacent to an activating group) is 1. The first kappa shape index (κ1) is 16.9. The van der Waals surface area contributed by atoms with E-state index in [4.69, 9.17) is 16.7 Å². The summed E-state index contributed by atoms with van der Waals surface area (Å²) in [6, 6.07) is 3.47. The van der Waals surface area contributed by atoms with Crippen LogP contribution >= 0.6 is 11.6 Å². The third-order valence-corrected chi connectivity index (χ3v) is 3.03. The minimum Gasteiger partial charge on any atom is -0.478 e. The fourth-order valence-corrected chi connectivity index (χ4v) is 1.67. The molecule has 114 valence electrons. The largest absolute Gasteiger partial charge is 0.478 e. The fraction of sp³-hybridized carbons (Fsp3) is 0.308. The third-order valence-electron chi connectivity index (χ3n) is 2.70. The predicted molar refractivity (Wildman–Crippen MR) is 78.6 cm³/mol. The fourth-order valence-electron chi connectivity index (χ4n) is 1.50. The Morgan fingerprint density at radius 2 is 2.00 bits per heavy atom. The van der Waals surface area contributed by atoms with E-state index in [0.717, 1.165) is 0 Å². The first-order valence-corrected chi connectivity index (χ1v) is 6.50. The summed E-state index contributed by atoms with van der Waals surface area (Å²) >= 11 is 5.89. The Morgan fingerprint density at radius 3 is 2.57 bits per heavy atom. The van der Waals surface area contributed by atoms with E-state index in [1.54, 1.807) is 6.92 Å². The van der Waals surface area contributed by atoms with Crippen LogP contribution in [-0.4, -0.2) is 42.5 Å². The van der Waals surface area contributed by atoms with Crippen molar-refractivity contribution in [3.63, 3.8) is 0 Å². The van der Waals surface area contributed by atoms with E-state index >= 15 is 0 Å². The number of carbonyl (C=O) groups excluding carboxylic acids is 2. The molecule has 0 heterocycles. The van der Waals surface area contributed by atoms with Crippen molar-refractivity contribution in [3.05, 3.63) is 28.8 Å². The molecule has 0 spiro atoms. The zero-order chi connectivity index (χ0) is 16.0. The zero-order valence-electron chi connectivity index (χ0n) is 11.6. The van der Waals surface area contributed by atoms with Gasteiger partial charge in [0.15, 0.2) is 0 Å². The van der Waals surface area contributed by atoms with Gasteiger partial charge in [0, 0.05) is 7.05 Å². The molecule has 7 nitrogen and oxygen atoms in total. The predicted octanol–water partition coefficient (Wildman–Crippen LogP) is 0.701. The van der Waals surface area contributed by atoms with Crippen molar-refractivity contribution in [3.8, 4) is 0 Å². The summed E-state index contributed by atoms with van der Waals surface area (Å²) in [5, 5.41) is 16.8. The Kier molecular flexibility index (Phi) is 6.13. The molecule has 0 bridgehead atoms. The van der Waals surface area contributed by atoms with Gasteiger partial charge in [-0.3, -0.25) is 14.9 Å². The van der Waals surface area contributed by atoms with Crippen molar-refractivity contribution in [2.24, 2.45) is 0 Å². The first-order valence-electron chi connectivity index (χ1n) is 6.12. The number of nitrogens with one attached hydrogen (secondary N) is 3. The lowest BCUT2D eigenvalue weighted by Gasteiger charge is -2.13. The topological polar surface area (TPSA) is 108 Å². The molecule has 2 amide bonds. The maximum atomic E-state index is 11.7. The highest BCUT2D eigenvalue weighted by molar-refractivity contribution is 6.33. The molecule has 0 aliphatic heterocycles. The molecule has 0 aliphatic carbocycles. The van der Waals surface area contributed by atoms with Crippen molar-refractivity contribution < 1.29 is 19.5 Å². The Balaban J connectivity index is 2.65. The number of carboxylic acid groups (broad SMARTS) is 1. The summed E-state index contributed by atoms with van der Waals surface area (Å²) in [6.45, 7) is 1.51. The molecule has 0 aromatic heterocycles. The Labute approximate surface area is 126 Å². The number of rotatable bonds is 6. The van der Waals surface area contributed by atoms with Crippen LogP contribution in [0, 0.1) is 0 Å². The van der Waals surface area contributed by atoms with Crippen LogP contribution in [0.1, 0.15) is 17.3 Å². The van der Waals surface area contributed by atoms with Crippen LogP contribution in [0.25, 0.3) is 0 Å². The molecule has 0 saturated heterocycles. The quantitative estimate of drug-likeness (QED) is 0.618. The standard InChI is InChI=1S/C13H16ClN3O4/c1-7(12(19)15-2)16-6-11(18)17-10-5-8(13(20)21)3-4-9(10)14/h3-5,7,16H,6H2,1-2H3,(H,15,19)(H,17,18)(H,20,21). The molecule has 1 atom stereocenters. The molecule has 21 heavy (non-hydrogen) atoms. The summed E-state index contributed by atoms with van der Waals surface area (Å²) in [4.78, 5) is 33.9. The number of hydrogen-bond donors (Lipinski definition) is 4. The van der Waals surface area contributed by atoms with Crippen molar-refractivity contribution in [2.45, 2.75) is 13.0 Å². The van der Waals surface area contributed by atoms with Gasteiger partial charge in [-0.15, -0.1) is 0 Å². The molecule has 1 aromatic carbocycles. The Morgan fingerprint density at radius 1 is 1.33 bits per heavy atom. The average Bonchev–Trinajstić information content (AvgIpc) is 2.45. The van der Waals surface area contributed by atoms with E-state index < -0.39 is 17.9 Å². The molecule has 8 heteroatoms. The second kappa shape index (κ2) is 7.61. The van der Waals surface area contributed by atoms with Crippen LogP contribution in [0.5, 0.6) is 0 Å². The Bertz CT molecular complexity index is 562. The summed E-state index contributed by atoms with van der Waals surface area (Å²) in [5.74, 6) is -1.79. The molecular weight excluding hydrogens is 298 g/mol. The molecule has 1 aromatic rings. The second-order valence-electron chi connectivity index (χ2n) is 4.26. The maximum absolute atomic E-state index is 11.7. The van der Waals surface area contributed by atoms with Crippen molar-refractivity contribution in [2.75, 3.05) is 18.9 Å². The van der Waals surface area contributed by atoms with Crippen LogP contribution in [0.4, 0.5) is 5.69 Å². The van der Waals surface area contributed by atoms with Gasteiger partial charge < -0.3 is 15.7 Å². The molecule has 0 saturated carbocycles. The van der Waals surface area contributed by atoms with Gasteiger partial charge in [-0.1, -0.05) is 11.6 Å². The average molecular weight is 314 g/mol. The number of carboxylic acids is 1. The molecule has 0 aliphatic rings. The van der Waals surface area contributed by atoms with Gasteiger partial charge in [0.2, 0.25) is 11.8 Å². The van der Waals surface area contributed by atoms with Gasteiger partial charge in [-0.25, -0.2) is 4.79 Å². The van der Waals surface area contributed by atoms with Crippen molar-refractivity contribution >= 4 is 35.1 Å². The summed E-state index contributed by atoms with van der Waals surface area (Å²) in [5.41, 5.74) is 0.220. The molecule has 4 N–H and O–H groups in total. The van der Waals surface area contributed by atoms with E-state index in [-0.39, 0.29) is 28.7 Å². The van der Waals surface area contributed by atoms with Crippen LogP contribution in [-0.2, 0) is 9.59 Å². The lowest BCUT2D eigenvalue weighted by molar-refractivity contribution is -0.122. The number of halogens is 1. The van der Waals surface area contributed by atoms with E-state index in [9.17, 15) is 14.4 Å². The van der Waals surface area contributed by atoms with Crippen LogP contribution < -0.4 is 16.0 Å². The molecule has 1 rings (SSSR count). The molecule has 0 radical (unpaired) electrons. The number of anilines is 1. The number of benzene rings is 1. The second-order valence-corrected chi connectivity index (χ2v) is 4.67. The summed E-state index contributed by atoms with van der Waals surface area (Å²) in [7, 11) is 1.50. The lowest BCUT2D eigenvalue weighted by atomic mass is 10.2. The van der Waals surface area contributed by atoms with Gasteiger partial charge in [0.05, 0.1) is 28.9 Å². The SMILES string of the molecule is CNC(=O)C(C)NCC(=O)Nc1cc(C(=O)O)ccc1Cl. The van der Waals surface area contributed by atoms with Gasteiger partial charge >= 0.3 is 5.97 Å². The minimum absolute atomic E-state index is 0.0152. The molecule has 1 unspecified atom stereocenters. The van der Waals surface area contributed by atoms with Gasteiger partial charge in [0.1, 0.15) is 0 Å². The van der Waals surface area contributed by atoms with Gasteiger partial charge in [-0.05, 0) is 25.1 Å². The monoisotopic (exact) mass is 313 g/mol. The molecule has 0 fully saturated rings. The van der Waals surface area contributed by atoms with Crippen molar-refractivity contribution in [1.29, 1.82) is 0 Å². The normalized spacial score (nSPS) is 11.6. The maximum Gasteiger partial charge on any atom is 0.335 e. The van der Waals surface area contributed by atoms with E-state index in [1.165, 1.54) is 25.2 Å². The van der Waals surface area contributed by atoms with E-state index in [0.29, 0.717) is 0 Å². The highest BCUT2D eigenvalue weighted by Gasteiger charge is 2.13. The Hall–Kier alpha value is -2.12. The van der Waals surface area contributed by atoms with Crippen LogP contribution in [0.15, 0.2) is 18.2 Å². The minimum atomic E-state index is -1.12. The number of hydrogen-bond acceptors (Lipinski definition) is 4. The van der Waals surface area contributed by atoms with Crippen LogP contribution in [0.2, 0.25) is 5.02 Å². The van der Waals surface area contributed by atoms with E-state index in [2.05, 4.69) is 16.0 Å². The number of carbonyl (C=O) groups is 3. The summed E-state index contributed by atoms with van der Waals surface area (Å²) < 4.78 is 0. The highest BCUT2D eigenvalue weighted by atomic mass is 35.5. The van der Waals surface area contributed by atoms with Gasteiger partial charge in [-0.2, -0.15) is 0 Å². The lowest BCUT2D eigenvalue weighted by Crippen LogP contribution is -2.43. The number of aromatic carboxylic acids is 1. The molecular formula is C13H16ClN3O4. The number of amides is 2. The van der Waals surface area contributed by atoms with Crippen molar-refractivity contribution in [1.82, 2.24) is 10.6 Å². The third kappa shape index (κ3) is 5.05.